The minimum Gasteiger partial charge on any atom is -0.349 e. The van der Waals surface area contributed by atoms with Gasteiger partial charge in [0.05, 0.1) is 17.7 Å². The highest BCUT2D eigenvalue weighted by atomic mass is 16.5. The number of hydrogen-bond acceptors (Lipinski definition) is 6. The molecule has 0 unspecified atom stereocenters. The van der Waals surface area contributed by atoms with Crippen molar-refractivity contribution in [3.05, 3.63) is 47.1 Å². The summed E-state index contributed by atoms with van der Waals surface area (Å²) in [6, 6.07) is 6.14. The number of rotatable bonds is 6. The van der Waals surface area contributed by atoms with Gasteiger partial charge in [0.1, 0.15) is 0 Å². The molecular formula is C20H22N4O4. The summed E-state index contributed by atoms with van der Waals surface area (Å²) in [5.74, 6) is 0.396. The van der Waals surface area contributed by atoms with E-state index in [0.29, 0.717) is 28.8 Å². The standard InChI is InChI=1S/C20H22N4O4/c1-12(24-19(26)14-8-4-5-9-15(14)20(24)27)10-17(25)21-11-16-22-18(28-23-16)13-6-2-3-7-13/h4-5,8-9,12-13H,2-3,6-7,10-11H2,1H3,(H,21,25)/t12-/m1/s1. The van der Waals surface area contributed by atoms with Gasteiger partial charge in [-0.15, -0.1) is 0 Å². The first-order valence-electron chi connectivity index (χ1n) is 9.60. The van der Waals surface area contributed by atoms with Crippen LogP contribution >= 0.6 is 0 Å². The Morgan fingerprint density at radius 2 is 1.86 bits per heavy atom. The molecular weight excluding hydrogens is 360 g/mol. The molecule has 4 rings (SSSR count). The minimum absolute atomic E-state index is 0.0127. The molecule has 3 amide bonds. The lowest BCUT2D eigenvalue weighted by Crippen LogP contribution is -2.41. The van der Waals surface area contributed by atoms with Gasteiger partial charge in [-0.2, -0.15) is 4.98 Å². The summed E-state index contributed by atoms with van der Waals surface area (Å²) in [6.45, 7) is 1.84. The maximum Gasteiger partial charge on any atom is 0.261 e. The summed E-state index contributed by atoms with van der Waals surface area (Å²) >= 11 is 0. The van der Waals surface area contributed by atoms with Crippen LogP contribution in [0.2, 0.25) is 0 Å². The third-order valence-electron chi connectivity index (χ3n) is 5.38. The molecule has 1 aliphatic carbocycles. The van der Waals surface area contributed by atoms with Crippen molar-refractivity contribution in [1.82, 2.24) is 20.4 Å². The Morgan fingerprint density at radius 3 is 2.50 bits per heavy atom. The van der Waals surface area contributed by atoms with E-state index in [0.717, 1.165) is 17.7 Å². The van der Waals surface area contributed by atoms with Crippen molar-refractivity contribution in [3.8, 4) is 0 Å². The Balaban J connectivity index is 1.32. The molecule has 1 aromatic carbocycles. The predicted molar refractivity (Wildman–Crippen MR) is 98.4 cm³/mol. The molecule has 0 radical (unpaired) electrons. The molecule has 2 aromatic rings. The van der Waals surface area contributed by atoms with Gasteiger partial charge in [0.2, 0.25) is 11.8 Å². The van der Waals surface area contributed by atoms with E-state index < -0.39 is 6.04 Å². The van der Waals surface area contributed by atoms with Crippen LogP contribution in [0, 0.1) is 0 Å². The van der Waals surface area contributed by atoms with E-state index in [-0.39, 0.29) is 30.7 Å². The first-order chi connectivity index (χ1) is 13.5. The molecule has 2 heterocycles. The Hall–Kier alpha value is -3.03. The molecule has 1 N–H and O–H groups in total. The summed E-state index contributed by atoms with van der Waals surface area (Å²) in [7, 11) is 0. The fourth-order valence-corrected chi connectivity index (χ4v) is 3.90. The lowest BCUT2D eigenvalue weighted by Gasteiger charge is -2.21. The van der Waals surface area contributed by atoms with Crippen molar-refractivity contribution >= 4 is 17.7 Å². The van der Waals surface area contributed by atoms with Crippen LogP contribution < -0.4 is 5.32 Å². The average Bonchev–Trinajstić information content (AvgIpc) is 3.41. The third kappa shape index (κ3) is 3.42. The molecule has 1 atom stereocenters. The molecule has 8 heteroatoms. The lowest BCUT2D eigenvalue weighted by molar-refractivity contribution is -0.122. The van der Waals surface area contributed by atoms with Crippen LogP contribution in [0.15, 0.2) is 28.8 Å². The summed E-state index contributed by atoms with van der Waals surface area (Å²) in [4.78, 5) is 42.8. The second-order valence-corrected chi connectivity index (χ2v) is 7.39. The summed E-state index contributed by atoms with van der Waals surface area (Å²) in [6.07, 6.45) is 4.49. The average molecular weight is 382 g/mol. The number of benzene rings is 1. The highest BCUT2D eigenvalue weighted by Gasteiger charge is 2.38. The molecule has 146 valence electrons. The van der Waals surface area contributed by atoms with Gasteiger partial charge in [-0.3, -0.25) is 19.3 Å². The number of hydrogen-bond donors (Lipinski definition) is 1. The molecule has 2 aliphatic rings. The first-order valence-corrected chi connectivity index (χ1v) is 9.60. The summed E-state index contributed by atoms with van der Waals surface area (Å²) in [5.41, 5.74) is 0.761. The van der Waals surface area contributed by atoms with Gasteiger partial charge in [0, 0.05) is 18.4 Å². The number of nitrogens with one attached hydrogen (secondary N) is 1. The van der Waals surface area contributed by atoms with E-state index in [2.05, 4.69) is 15.5 Å². The maximum atomic E-state index is 12.5. The first kappa shape index (κ1) is 18.3. The number of aromatic nitrogens is 2. The van der Waals surface area contributed by atoms with Crippen molar-refractivity contribution in [2.45, 2.75) is 57.5 Å². The van der Waals surface area contributed by atoms with E-state index in [1.807, 2.05) is 0 Å². The van der Waals surface area contributed by atoms with E-state index >= 15 is 0 Å². The predicted octanol–water partition coefficient (Wildman–Crippen LogP) is 2.42. The van der Waals surface area contributed by atoms with Crippen molar-refractivity contribution in [2.75, 3.05) is 0 Å². The molecule has 1 aromatic heterocycles. The molecule has 28 heavy (non-hydrogen) atoms. The molecule has 8 nitrogen and oxygen atoms in total. The van der Waals surface area contributed by atoms with Gasteiger partial charge < -0.3 is 9.84 Å². The number of fused-ring (bicyclic) bond motifs is 1. The van der Waals surface area contributed by atoms with Crippen LogP contribution in [0.5, 0.6) is 0 Å². The topological polar surface area (TPSA) is 105 Å². The quantitative estimate of drug-likeness (QED) is 0.769. The normalized spacial score (nSPS) is 17.8. The number of carbonyl (C=O) groups is 3. The monoisotopic (exact) mass is 382 g/mol. The molecule has 0 spiro atoms. The zero-order valence-corrected chi connectivity index (χ0v) is 15.7. The van der Waals surface area contributed by atoms with Crippen LogP contribution in [0.3, 0.4) is 0 Å². The van der Waals surface area contributed by atoms with Gasteiger partial charge in [0.25, 0.3) is 11.8 Å². The molecule has 0 bridgehead atoms. The highest BCUT2D eigenvalue weighted by Crippen LogP contribution is 2.32. The number of nitrogens with zero attached hydrogens (tertiary/aromatic N) is 3. The van der Waals surface area contributed by atoms with Gasteiger partial charge >= 0.3 is 0 Å². The van der Waals surface area contributed by atoms with Crippen molar-refractivity contribution in [2.24, 2.45) is 0 Å². The second kappa shape index (κ2) is 7.53. The van der Waals surface area contributed by atoms with Crippen LogP contribution in [0.25, 0.3) is 0 Å². The van der Waals surface area contributed by atoms with Crippen molar-refractivity contribution in [3.63, 3.8) is 0 Å². The smallest absolute Gasteiger partial charge is 0.261 e. The Kier molecular flexibility index (Phi) is 4.93. The van der Waals surface area contributed by atoms with Crippen LogP contribution in [0.4, 0.5) is 0 Å². The Labute approximate surface area is 162 Å². The largest absolute Gasteiger partial charge is 0.349 e. The molecule has 1 saturated carbocycles. The van der Waals surface area contributed by atoms with E-state index in [4.69, 9.17) is 4.52 Å². The number of imide groups is 1. The van der Waals surface area contributed by atoms with Crippen LogP contribution in [-0.2, 0) is 11.3 Å². The highest BCUT2D eigenvalue weighted by molar-refractivity contribution is 6.21. The van der Waals surface area contributed by atoms with Gasteiger partial charge in [-0.25, -0.2) is 0 Å². The fourth-order valence-electron chi connectivity index (χ4n) is 3.90. The Morgan fingerprint density at radius 1 is 1.21 bits per heavy atom. The van der Waals surface area contributed by atoms with Crippen molar-refractivity contribution in [1.29, 1.82) is 0 Å². The zero-order valence-electron chi connectivity index (χ0n) is 15.7. The number of carbonyl (C=O) groups excluding carboxylic acids is 3. The van der Waals surface area contributed by atoms with Gasteiger partial charge in [-0.1, -0.05) is 30.1 Å². The molecule has 0 saturated heterocycles. The van der Waals surface area contributed by atoms with Crippen LogP contribution in [0.1, 0.15) is 77.4 Å². The van der Waals surface area contributed by atoms with E-state index in [1.165, 1.54) is 12.8 Å². The zero-order chi connectivity index (χ0) is 19.7. The van der Waals surface area contributed by atoms with Gasteiger partial charge in [-0.05, 0) is 31.9 Å². The maximum absolute atomic E-state index is 12.5. The molecule has 1 aliphatic heterocycles. The van der Waals surface area contributed by atoms with E-state index in [1.54, 1.807) is 31.2 Å². The molecule has 1 fully saturated rings. The minimum atomic E-state index is -0.549. The Bertz CT molecular complexity index is 881. The summed E-state index contributed by atoms with van der Waals surface area (Å²) < 4.78 is 5.30. The number of amides is 3. The summed E-state index contributed by atoms with van der Waals surface area (Å²) in [5, 5.41) is 6.66. The third-order valence-corrected chi connectivity index (χ3v) is 5.38. The fraction of sp³-hybridized carbons (Fsp3) is 0.450. The SMILES string of the molecule is C[C@H](CC(=O)NCc1noc(C2CCCC2)n1)N1C(=O)c2ccccc2C1=O. The lowest BCUT2D eigenvalue weighted by atomic mass is 10.1. The van der Waals surface area contributed by atoms with Crippen molar-refractivity contribution < 1.29 is 18.9 Å². The van der Waals surface area contributed by atoms with Crippen LogP contribution in [-0.4, -0.2) is 38.8 Å². The van der Waals surface area contributed by atoms with Gasteiger partial charge in [0.15, 0.2) is 5.82 Å². The van der Waals surface area contributed by atoms with E-state index in [9.17, 15) is 14.4 Å². The second-order valence-electron chi connectivity index (χ2n) is 7.39.